The molecule has 162 valence electrons. The molecule has 0 atom stereocenters. The van der Waals surface area contributed by atoms with Crippen LogP contribution in [-0.2, 0) is 16.0 Å². The van der Waals surface area contributed by atoms with Gasteiger partial charge in [0.1, 0.15) is 12.4 Å². The van der Waals surface area contributed by atoms with Crippen LogP contribution in [-0.4, -0.2) is 24.9 Å². The molecule has 3 aromatic carbocycles. The maximum absolute atomic E-state index is 14.1. The first-order valence-corrected chi connectivity index (χ1v) is 10.4. The third-order valence-corrected chi connectivity index (χ3v) is 5.23. The Hall–Kier alpha value is -3.64. The second kappa shape index (κ2) is 9.66. The summed E-state index contributed by atoms with van der Waals surface area (Å²) in [5.74, 6) is -0.928. The van der Waals surface area contributed by atoms with E-state index in [-0.39, 0.29) is 23.8 Å². The SMILES string of the molecule is O=C(CN1C(=O)/C(=C/c2ccccc2F)Oc2ccccc21)NCCc1ccc(Cl)cc1. The minimum atomic E-state index is -0.514. The highest BCUT2D eigenvalue weighted by Crippen LogP contribution is 2.35. The van der Waals surface area contributed by atoms with Crippen LogP contribution in [0.2, 0.25) is 5.02 Å². The fourth-order valence-corrected chi connectivity index (χ4v) is 3.48. The van der Waals surface area contributed by atoms with E-state index < -0.39 is 11.7 Å². The number of amides is 2. The lowest BCUT2D eigenvalue weighted by atomic mass is 10.1. The molecule has 32 heavy (non-hydrogen) atoms. The number of anilines is 1. The highest BCUT2D eigenvalue weighted by Gasteiger charge is 2.31. The number of ether oxygens (including phenoxy) is 1. The summed E-state index contributed by atoms with van der Waals surface area (Å²) in [5, 5.41) is 3.49. The normalized spacial score (nSPS) is 14.1. The van der Waals surface area contributed by atoms with Crippen molar-refractivity contribution in [1.82, 2.24) is 5.32 Å². The van der Waals surface area contributed by atoms with Gasteiger partial charge >= 0.3 is 0 Å². The molecule has 0 fully saturated rings. The minimum absolute atomic E-state index is 0.0530. The topological polar surface area (TPSA) is 58.6 Å². The fourth-order valence-electron chi connectivity index (χ4n) is 3.35. The molecule has 3 aromatic rings. The molecular formula is C25H20ClFN2O3. The van der Waals surface area contributed by atoms with Crippen molar-refractivity contribution in [1.29, 1.82) is 0 Å². The van der Waals surface area contributed by atoms with E-state index in [2.05, 4.69) is 5.32 Å². The second-order valence-corrected chi connectivity index (χ2v) is 7.65. The molecule has 0 saturated heterocycles. The summed E-state index contributed by atoms with van der Waals surface area (Å²) in [7, 11) is 0. The van der Waals surface area contributed by atoms with Crippen LogP contribution >= 0.6 is 11.6 Å². The number of rotatable bonds is 6. The van der Waals surface area contributed by atoms with Gasteiger partial charge in [0.25, 0.3) is 5.91 Å². The van der Waals surface area contributed by atoms with Crippen molar-refractivity contribution in [3.8, 4) is 5.75 Å². The molecule has 1 heterocycles. The van der Waals surface area contributed by atoms with Gasteiger partial charge in [-0.05, 0) is 48.4 Å². The molecule has 1 aliphatic rings. The van der Waals surface area contributed by atoms with E-state index in [1.165, 1.54) is 17.0 Å². The van der Waals surface area contributed by atoms with Gasteiger partial charge in [0, 0.05) is 17.1 Å². The van der Waals surface area contributed by atoms with Crippen LogP contribution < -0.4 is 15.0 Å². The zero-order valence-corrected chi connectivity index (χ0v) is 17.8. The summed E-state index contributed by atoms with van der Waals surface area (Å²) in [6.45, 7) is 0.229. The van der Waals surface area contributed by atoms with E-state index >= 15 is 0 Å². The third-order valence-electron chi connectivity index (χ3n) is 4.97. The van der Waals surface area contributed by atoms with Crippen LogP contribution in [0.15, 0.2) is 78.6 Å². The first kappa shape index (κ1) is 21.6. The highest BCUT2D eigenvalue weighted by molar-refractivity contribution is 6.30. The molecule has 4 rings (SSSR count). The molecule has 0 spiro atoms. The number of hydrogen-bond donors (Lipinski definition) is 1. The Morgan fingerprint density at radius 1 is 1.03 bits per heavy atom. The van der Waals surface area contributed by atoms with Crippen LogP contribution in [0.1, 0.15) is 11.1 Å². The van der Waals surface area contributed by atoms with Gasteiger partial charge in [-0.15, -0.1) is 0 Å². The van der Waals surface area contributed by atoms with Gasteiger partial charge in [0.05, 0.1) is 5.69 Å². The van der Waals surface area contributed by atoms with Gasteiger partial charge in [-0.2, -0.15) is 0 Å². The number of nitrogens with one attached hydrogen (secondary N) is 1. The molecule has 7 heteroatoms. The predicted molar refractivity (Wildman–Crippen MR) is 122 cm³/mol. The van der Waals surface area contributed by atoms with Crippen molar-refractivity contribution in [2.45, 2.75) is 6.42 Å². The van der Waals surface area contributed by atoms with Crippen molar-refractivity contribution < 1.29 is 18.7 Å². The van der Waals surface area contributed by atoms with Crippen LogP contribution in [0, 0.1) is 5.82 Å². The summed E-state index contributed by atoms with van der Waals surface area (Å²) in [6.07, 6.45) is 1.98. The van der Waals surface area contributed by atoms with Gasteiger partial charge in [-0.3, -0.25) is 14.5 Å². The van der Waals surface area contributed by atoms with Gasteiger partial charge in [-0.1, -0.05) is 54.1 Å². The average molecular weight is 451 g/mol. The van der Waals surface area contributed by atoms with E-state index in [1.807, 2.05) is 12.1 Å². The lowest BCUT2D eigenvalue weighted by molar-refractivity contribution is -0.123. The van der Waals surface area contributed by atoms with Crippen molar-refractivity contribution in [3.05, 3.63) is 101 Å². The van der Waals surface area contributed by atoms with E-state index in [0.717, 1.165) is 5.56 Å². The summed E-state index contributed by atoms with van der Waals surface area (Å²) in [4.78, 5) is 27.0. The first-order valence-electron chi connectivity index (χ1n) is 10.1. The number of carbonyl (C=O) groups excluding carboxylic acids is 2. The van der Waals surface area contributed by atoms with Crippen LogP contribution in [0.3, 0.4) is 0 Å². The molecule has 0 aromatic heterocycles. The largest absolute Gasteiger partial charge is 0.449 e. The first-order chi connectivity index (χ1) is 15.5. The maximum Gasteiger partial charge on any atom is 0.294 e. The number of halogens is 2. The van der Waals surface area contributed by atoms with Crippen LogP contribution in [0.5, 0.6) is 5.75 Å². The highest BCUT2D eigenvalue weighted by atomic mass is 35.5. The average Bonchev–Trinajstić information content (AvgIpc) is 2.79. The molecule has 0 saturated carbocycles. The molecule has 0 radical (unpaired) electrons. The number of para-hydroxylation sites is 2. The second-order valence-electron chi connectivity index (χ2n) is 7.22. The number of carbonyl (C=O) groups is 2. The predicted octanol–water partition coefficient (Wildman–Crippen LogP) is 4.60. The Morgan fingerprint density at radius 2 is 1.75 bits per heavy atom. The number of hydrogen-bond acceptors (Lipinski definition) is 3. The standard InChI is InChI=1S/C25H20ClFN2O3/c26-19-11-9-17(10-12-19)13-14-28-24(30)16-29-21-7-3-4-8-22(21)32-23(25(29)31)15-18-5-1-2-6-20(18)27/h1-12,15H,13-14,16H2,(H,28,30)/b23-15-. The van der Waals surface area contributed by atoms with Gasteiger partial charge in [-0.25, -0.2) is 4.39 Å². The van der Waals surface area contributed by atoms with Crippen molar-refractivity contribution in [3.63, 3.8) is 0 Å². The molecule has 0 bridgehead atoms. The lowest BCUT2D eigenvalue weighted by Crippen LogP contribution is -2.44. The summed E-state index contributed by atoms with van der Waals surface area (Å²) in [5.41, 5.74) is 1.75. The quantitative estimate of drug-likeness (QED) is 0.558. The minimum Gasteiger partial charge on any atom is -0.449 e. The van der Waals surface area contributed by atoms with Crippen LogP contribution in [0.25, 0.3) is 6.08 Å². The summed E-state index contributed by atoms with van der Waals surface area (Å²) >= 11 is 5.89. The molecular weight excluding hydrogens is 431 g/mol. The van der Waals surface area contributed by atoms with E-state index in [9.17, 15) is 14.0 Å². The van der Waals surface area contributed by atoms with Gasteiger partial charge in [0.2, 0.25) is 5.91 Å². The molecule has 1 N–H and O–H groups in total. The zero-order valence-electron chi connectivity index (χ0n) is 17.1. The molecule has 0 aliphatic carbocycles. The smallest absolute Gasteiger partial charge is 0.294 e. The van der Waals surface area contributed by atoms with E-state index in [1.54, 1.807) is 54.6 Å². The molecule has 2 amide bonds. The fraction of sp³-hybridized carbons (Fsp3) is 0.120. The zero-order chi connectivity index (χ0) is 22.5. The number of benzene rings is 3. The molecule has 1 aliphatic heterocycles. The van der Waals surface area contributed by atoms with Gasteiger partial charge < -0.3 is 10.1 Å². The monoisotopic (exact) mass is 450 g/mol. The maximum atomic E-state index is 14.1. The molecule has 5 nitrogen and oxygen atoms in total. The summed E-state index contributed by atoms with van der Waals surface area (Å²) < 4.78 is 19.8. The van der Waals surface area contributed by atoms with Crippen molar-refractivity contribution in [2.24, 2.45) is 0 Å². The van der Waals surface area contributed by atoms with Crippen molar-refractivity contribution >= 4 is 35.2 Å². The van der Waals surface area contributed by atoms with Crippen LogP contribution in [0.4, 0.5) is 10.1 Å². The number of nitrogens with zero attached hydrogens (tertiary/aromatic N) is 1. The number of fused-ring (bicyclic) bond motifs is 1. The summed E-state index contributed by atoms with van der Waals surface area (Å²) in [6, 6.07) is 20.4. The van der Waals surface area contributed by atoms with E-state index in [0.29, 0.717) is 29.4 Å². The Bertz CT molecular complexity index is 1180. The third kappa shape index (κ3) is 4.98. The molecule has 0 unspecified atom stereocenters. The lowest BCUT2D eigenvalue weighted by Gasteiger charge is -2.30. The Morgan fingerprint density at radius 3 is 2.53 bits per heavy atom. The Balaban J connectivity index is 1.48. The Kier molecular flexibility index (Phi) is 6.52. The Labute approximate surface area is 190 Å². The van der Waals surface area contributed by atoms with Gasteiger partial charge in [0.15, 0.2) is 11.5 Å². The van der Waals surface area contributed by atoms with Crippen molar-refractivity contribution in [2.75, 3.05) is 18.0 Å². The van der Waals surface area contributed by atoms with E-state index in [4.69, 9.17) is 16.3 Å².